The summed E-state index contributed by atoms with van der Waals surface area (Å²) in [4.78, 5) is 20.2. The van der Waals surface area contributed by atoms with Crippen molar-refractivity contribution >= 4 is 5.97 Å². The second-order valence-electron chi connectivity index (χ2n) is 4.15. The van der Waals surface area contributed by atoms with Gasteiger partial charge in [0.25, 0.3) is 0 Å². The minimum absolute atomic E-state index is 0.137. The Morgan fingerprint density at radius 2 is 2.00 bits per heavy atom. The Bertz CT molecular complexity index is 557. The standard InChI is InChI=1S/C14H14N2O4/c17-11-6-4-10(5-7-11)9-12(14(18)19)16-20-13-3-1-2-8-15-13/h1-8,12,16-17H,9H2,(H,18,19)/t12-/m0/s1. The van der Waals surface area contributed by atoms with E-state index in [1.165, 1.54) is 12.1 Å². The summed E-state index contributed by atoms with van der Waals surface area (Å²) in [6.07, 6.45) is 1.77. The second-order valence-corrected chi connectivity index (χ2v) is 4.15. The second kappa shape index (κ2) is 6.53. The van der Waals surface area contributed by atoms with Gasteiger partial charge in [0.1, 0.15) is 11.8 Å². The number of carboxylic acids is 1. The van der Waals surface area contributed by atoms with E-state index in [2.05, 4.69) is 10.5 Å². The van der Waals surface area contributed by atoms with E-state index in [-0.39, 0.29) is 12.2 Å². The molecule has 0 aliphatic carbocycles. The van der Waals surface area contributed by atoms with Gasteiger partial charge in [-0.15, -0.1) is 5.48 Å². The zero-order valence-corrected chi connectivity index (χ0v) is 10.6. The molecule has 0 saturated heterocycles. The number of aliphatic carboxylic acids is 1. The van der Waals surface area contributed by atoms with Crippen LogP contribution in [0.15, 0.2) is 48.7 Å². The monoisotopic (exact) mass is 274 g/mol. The Labute approximate surface area is 115 Å². The third-order valence-electron chi connectivity index (χ3n) is 2.62. The van der Waals surface area contributed by atoms with Gasteiger partial charge in [-0.05, 0) is 23.8 Å². The molecular weight excluding hydrogens is 260 g/mol. The number of phenolic OH excluding ortho intramolecular Hbond substituents is 1. The molecular formula is C14H14N2O4. The summed E-state index contributed by atoms with van der Waals surface area (Å²) in [7, 11) is 0. The SMILES string of the molecule is O=C(O)[C@H](Cc1ccc(O)cc1)NOc1ccccn1. The number of aromatic nitrogens is 1. The minimum Gasteiger partial charge on any atom is -0.508 e. The topological polar surface area (TPSA) is 91.7 Å². The van der Waals surface area contributed by atoms with Gasteiger partial charge in [-0.3, -0.25) is 4.79 Å². The maximum atomic E-state index is 11.2. The van der Waals surface area contributed by atoms with Crippen LogP contribution in [0.2, 0.25) is 0 Å². The van der Waals surface area contributed by atoms with Gasteiger partial charge in [-0.1, -0.05) is 18.2 Å². The highest BCUT2D eigenvalue weighted by molar-refractivity contribution is 5.73. The van der Waals surface area contributed by atoms with Gasteiger partial charge in [0.15, 0.2) is 0 Å². The summed E-state index contributed by atoms with van der Waals surface area (Å²) in [6.45, 7) is 0. The molecule has 0 saturated carbocycles. The molecule has 6 heteroatoms. The van der Waals surface area contributed by atoms with Crippen molar-refractivity contribution in [3.05, 3.63) is 54.2 Å². The van der Waals surface area contributed by atoms with E-state index in [1.807, 2.05) is 0 Å². The fraction of sp³-hybridized carbons (Fsp3) is 0.143. The molecule has 1 heterocycles. The van der Waals surface area contributed by atoms with Crippen LogP contribution in [0.5, 0.6) is 11.6 Å². The fourth-order valence-electron chi connectivity index (χ4n) is 1.59. The summed E-state index contributed by atoms with van der Waals surface area (Å²) in [5, 5.41) is 18.3. The number of hydroxylamine groups is 1. The number of phenols is 1. The molecule has 1 aromatic heterocycles. The Morgan fingerprint density at radius 3 is 2.60 bits per heavy atom. The Morgan fingerprint density at radius 1 is 1.25 bits per heavy atom. The third-order valence-corrected chi connectivity index (χ3v) is 2.62. The predicted octanol–water partition coefficient (Wildman–Crippen LogP) is 1.37. The first-order valence-electron chi connectivity index (χ1n) is 5.99. The molecule has 2 rings (SSSR count). The highest BCUT2D eigenvalue weighted by Gasteiger charge is 2.18. The van der Waals surface area contributed by atoms with E-state index in [0.29, 0.717) is 5.88 Å². The van der Waals surface area contributed by atoms with Crippen molar-refractivity contribution in [3.63, 3.8) is 0 Å². The normalized spacial score (nSPS) is 11.8. The van der Waals surface area contributed by atoms with Crippen LogP contribution < -0.4 is 10.3 Å². The highest BCUT2D eigenvalue weighted by atomic mass is 16.7. The van der Waals surface area contributed by atoms with E-state index in [1.54, 1.807) is 36.5 Å². The van der Waals surface area contributed by atoms with Crippen molar-refractivity contribution < 1.29 is 19.8 Å². The van der Waals surface area contributed by atoms with Crippen molar-refractivity contribution in [1.82, 2.24) is 10.5 Å². The predicted molar refractivity (Wildman–Crippen MR) is 71.2 cm³/mol. The summed E-state index contributed by atoms with van der Waals surface area (Å²) < 4.78 is 0. The summed E-state index contributed by atoms with van der Waals surface area (Å²) in [5.74, 6) is -0.600. The van der Waals surface area contributed by atoms with Gasteiger partial charge in [0, 0.05) is 18.7 Å². The number of carboxylic acid groups (broad SMARTS) is 1. The zero-order valence-electron chi connectivity index (χ0n) is 10.6. The van der Waals surface area contributed by atoms with Gasteiger partial charge in [-0.25, -0.2) is 4.98 Å². The van der Waals surface area contributed by atoms with Crippen molar-refractivity contribution in [2.75, 3.05) is 0 Å². The molecule has 0 aliphatic rings. The van der Waals surface area contributed by atoms with Crippen molar-refractivity contribution in [2.45, 2.75) is 12.5 Å². The van der Waals surface area contributed by atoms with Gasteiger partial charge in [0.2, 0.25) is 5.88 Å². The average Bonchev–Trinajstić information content (AvgIpc) is 2.46. The first-order valence-corrected chi connectivity index (χ1v) is 5.99. The number of benzene rings is 1. The Kier molecular flexibility index (Phi) is 4.52. The molecule has 0 fully saturated rings. The van der Waals surface area contributed by atoms with Crippen LogP contribution in [-0.2, 0) is 11.2 Å². The maximum absolute atomic E-state index is 11.2. The van der Waals surface area contributed by atoms with Crippen LogP contribution in [0.25, 0.3) is 0 Å². The number of nitrogens with zero attached hydrogens (tertiary/aromatic N) is 1. The molecule has 6 nitrogen and oxygen atoms in total. The van der Waals surface area contributed by atoms with Crippen LogP contribution >= 0.6 is 0 Å². The lowest BCUT2D eigenvalue weighted by atomic mass is 10.1. The molecule has 0 amide bonds. The molecule has 104 valence electrons. The van der Waals surface area contributed by atoms with Crippen molar-refractivity contribution in [2.24, 2.45) is 0 Å². The molecule has 0 spiro atoms. The molecule has 0 aliphatic heterocycles. The van der Waals surface area contributed by atoms with Crippen LogP contribution in [0.1, 0.15) is 5.56 Å². The zero-order chi connectivity index (χ0) is 14.4. The molecule has 1 atom stereocenters. The Balaban J connectivity index is 1.97. The largest absolute Gasteiger partial charge is 0.508 e. The van der Waals surface area contributed by atoms with Gasteiger partial charge < -0.3 is 15.1 Å². The molecule has 0 bridgehead atoms. The molecule has 1 aromatic carbocycles. The van der Waals surface area contributed by atoms with E-state index in [9.17, 15) is 9.90 Å². The summed E-state index contributed by atoms with van der Waals surface area (Å²) in [6, 6.07) is 10.5. The number of pyridine rings is 1. The Hall–Kier alpha value is -2.60. The molecule has 2 aromatic rings. The fourth-order valence-corrected chi connectivity index (χ4v) is 1.59. The van der Waals surface area contributed by atoms with Crippen LogP contribution in [0.4, 0.5) is 0 Å². The lowest BCUT2D eigenvalue weighted by Gasteiger charge is -2.14. The third kappa shape index (κ3) is 3.96. The minimum atomic E-state index is -1.03. The van der Waals surface area contributed by atoms with Crippen LogP contribution in [0, 0.1) is 0 Å². The lowest BCUT2D eigenvalue weighted by molar-refractivity contribution is -0.141. The quantitative estimate of drug-likeness (QED) is 0.689. The van der Waals surface area contributed by atoms with E-state index in [0.717, 1.165) is 5.56 Å². The van der Waals surface area contributed by atoms with Crippen molar-refractivity contribution in [3.8, 4) is 11.6 Å². The summed E-state index contributed by atoms with van der Waals surface area (Å²) in [5.41, 5.74) is 3.24. The number of hydrogen-bond acceptors (Lipinski definition) is 5. The average molecular weight is 274 g/mol. The van der Waals surface area contributed by atoms with Gasteiger partial charge >= 0.3 is 5.97 Å². The number of aromatic hydroxyl groups is 1. The highest BCUT2D eigenvalue weighted by Crippen LogP contribution is 2.12. The first kappa shape index (κ1) is 13.8. The van der Waals surface area contributed by atoms with E-state index < -0.39 is 12.0 Å². The number of hydrogen-bond donors (Lipinski definition) is 3. The maximum Gasteiger partial charge on any atom is 0.324 e. The molecule has 0 radical (unpaired) electrons. The van der Waals surface area contributed by atoms with Gasteiger partial charge in [0.05, 0.1) is 0 Å². The van der Waals surface area contributed by atoms with Crippen LogP contribution in [-0.4, -0.2) is 27.2 Å². The smallest absolute Gasteiger partial charge is 0.324 e. The van der Waals surface area contributed by atoms with Gasteiger partial charge in [-0.2, -0.15) is 0 Å². The van der Waals surface area contributed by atoms with Crippen molar-refractivity contribution in [1.29, 1.82) is 0 Å². The van der Waals surface area contributed by atoms with E-state index >= 15 is 0 Å². The number of nitrogens with one attached hydrogen (secondary N) is 1. The first-order chi connectivity index (χ1) is 9.65. The molecule has 3 N–H and O–H groups in total. The lowest BCUT2D eigenvalue weighted by Crippen LogP contribution is -2.40. The molecule has 20 heavy (non-hydrogen) atoms. The molecule has 0 unspecified atom stereocenters. The van der Waals surface area contributed by atoms with E-state index in [4.69, 9.17) is 9.94 Å². The number of carbonyl (C=O) groups is 1. The summed E-state index contributed by atoms with van der Waals surface area (Å²) >= 11 is 0. The number of rotatable bonds is 6. The van der Waals surface area contributed by atoms with Crippen LogP contribution in [0.3, 0.4) is 0 Å².